The Morgan fingerprint density at radius 3 is 2.26 bits per heavy atom. The van der Waals surface area contributed by atoms with Crippen molar-refractivity contribution in [2.75, 3.05) is 0 Å². The lowest BCUT2D eigenvalue weighted by Gasteiger charge is -2.22. The van der Waals surface area contributed by atoms with Gasteiger partial charge in [0, 0.05) is 17.4 Å². The molecule has 1 aromatic rings. The number of aromatic nitrogens is 2. The summed E-state index contributed by atoms with van der Waals surface area (Å²) in [4.78, 5) is 19.6. The Balaban J connectivity index is 2.27. The Kier molecular flexibility index (Phi) is 4.43. The van der Waals surface area contributed by atoms with Crippen molar-refractivity contribution in [1.82, 2.24) is 9.97 Å². The van der Waals surface area contributed by atoms with Crippen molar-refractivity contribution in [2.24, 2.45) is 0 Å². The van der Waals surface area contributed by atoms with Crippen molar-refractivity contribution in [1.29, 1.82) is 0 Å². The van der Waals surface area contributed by atoms with Crippen LogP contribution in [0.1, 0.15) is 83.2 Å². The first-order chi connectivity index (χ1) is 8.97. The lowest BCUT2D eigenvalue weighted by Crippen LogP contribution is -2.22. The second kappa shape index (κ2) is 5.89. The van der Waals surface area contributed by atoms with Crippen molar-refractivity contribution < 1.29 is 0 Å². The molecule has 0 bridgehead atoms. The van der Waals surface area contributed by atoms with Crippen LogP contribution in [0.4, 0.5) is 0 Å². The van der Waals surface area contributed by atoms with Crippen molar-refractivity contribution in [3.63, 3.8) is 0 Å². The van der Waals surface area contributed by atoms with Crippen LogP contribution in [0.2, 0.25) is 0 Å². The molecule has 1 saturated carbocycles. The quantitative estimate of drug-likeness (QED) is 0.834. The van der Waals surface area contributed by atoms with Gasteiger partial charge in [0.1, 0.15) is 5.82 Å². The molecule has 0 saturated heterocycles. The number of hydrogen-bond donors (Lipinski definition) is 1. The third kappa shape index (κ3) is 3.92. The van der Waals surface area contributed by atoms with Crippen LogP contribution in [0, 0.1) is 0 Å². The summed E-state index contributed by atoms with van der Waals surface area (Å²) in [7, 11) is 0. The Morgan fingerprint density at radius 2 is 1.68 bits per heavy atom. The van der Waals surface area contributed by atoms with Gasteiger partial charge in [-0.2, -0.15) is 0 Å². The molecule has 0 spiro atoms. The topological polar surface area (TPSA) is 45.8 Å². The van der Waals surface area contributed by atoms with E-state index in [1.165, 1.54) is 32.1 Å². The molecule has 0 atom stereocenters. The largest absolute Gasteiger partial charge is 0.310 e. The van der Waals surface area contributed by atoms with Crippen molar-refractivity contribution >= 4 is 0 Å². The van der Waals surface area contributed by atoms with E-state index in [-0.39, 0.29) is 11.0 Å². The molecule has 0 unspecified atom stereocenters. The average molecular weight is 262 g/mol. The van der Waals surface area contributed by atoms with Crippen LogP contribution in [0.15, 0.2) is 10.9 Å². The Morgan fingerprint density at radius 1 is 1.11 bits per heavy atom. The molecule has 0 amide bonds. The zero-order valence-corrected chi connectivity index (χ0v) is 12.5. The normalized spacial score (nSPS) is 18.9. The molecule has 1 aliphatic rings. The second-order valence-electron chi connectivity index (χ2n) is 6.81. The average Bonchev–Trinajstić information content (AvgIpc) is 2.26. The molecular formula is C16H26N2O. The van der Waals surface area contributed by atoms with Gasteiger partial charge in [-0.25, -0.2) is 4.98 Å². The van der Waals surface area contributed by atoms with Gasteiger partial charge < -0.3 is 4.98 Å². The number of rotatable bonds is 1. The van der Waals surface area contributed by atoms with E-state index in [2.05, 4.69) is 25.8 Å². The predicted molar refractivity (Wildman–Crippen MR) is 78.6 cm³/mol. The van der Waals surface area contributed by atoms with E-state index < -0.39 is 0 Å². The maximum Gasteiger partial charge on any atom is 0.251 e. The van der Waals surface area contributed by atoms with Gasteiger partial charge in [-0.15, -0.1) is 0 Å². The summed E-state index contributed by atoms with van der Waals surface area (Å²) in [6, 6.07) is 1.65. The van der Waals surface area contributed by atoms with E-state index in [1.54, 1.807) is 6.07 Å². The fraction of sp³-hybridized carbons (Fsp3) is 0.750. The summed E-state index contributed by atoms with van der Waals surface area (Å²) in [6.45, 7) is 6.32. The fourth-order valence-electron chi connectivity index (χ4n) is 2.78. The smallest absolute Gasteiger partial charge is 0.251 e. The van der Waals surface area contributed by atoms with Gasteiger partial charge in [0.15, 0.2) is 0 Å². The summed E-state index contributed by atoms with van der Waals surface area (Å²) < 4.78 is 0. The van der Waals surface area contributed by atoms with E-state index in [1.807, 2.05) is 0 Å². The minimum Gasteiger partial charge on any atom is -0.310 e. The van der Waals surface area contributed by atoms with Crippen LogP contribution >= 0.6 is 0 Å². The Labute approximate surface area is 115 Å². The molecule has 1 heterocycles. The summed E-state index contributed by atoms with van der Waals surface area (Å²) in [5.74, 6) is 1.36. The third-order valence-corrected chi connectivity index (χ3v) is 4.02. The van der Waals surface area contributed by atoms with Crippen LogP contribution in [0.3, 0.4) is 0 Å². The second-order valence-corrected chi connectivity index (χ2v) is 6.81. The summed E-state index contributed by atoms with van der Waals surface area (Å²) in [5.41, 5.74) is 0.843. The highest BCUT2D eigenvalue weighted by molar-refractivity contribution is 5.14. The minimum absolute atomic E-state index is 0.00279. The minimum atomic E-state index is -0.0649. The predicted octanol–water partition coefficient (Wildman–Crippen LogP) is 3.90. The van der Waals surface area contributed by atoms with Gasteiger partial charge in [-0.1, -0.05) is 52.9 Å². The van der Waals surface area contributed by atoms with Crippen molar-refractivity contribution in [2.45, 2.75) is 77.0 Å². The van der Waals surface area contributed by atoms with E-state index in [4.69, 9.17) is 4.98 Å². The van der Waals surface area contributed by atoms with Gasteiger partial charge >= 0.3 is 0 Å². The number of nitrogens with one attached hydrogen (secondary N) is 1. The van der Waals surface area contributed by atoms with Gasteiger partial charge in [0.2, 0.25) is 0 Å². The number of hydrogen-bond acceptors (Lipinski definition) is 2. The zero-order valence-electron chi connectivity index (χ0n) is 12.5. The molecule has 0 aromatic carbocycles. The van der Waals surface area contributed by atoms with Crippen LogP contribution in [0.5, 0.6) is 0 Å². The fourth-order valence-corrected chi connectivity index (χ4v) is 2.78. The molecule has 1 aliphatic carbocycles. The summed E-state index contributed by atoms with van der Waals surface area (Å²) in [6.07, 6.45) is 8.84. The first-order valence-corrected chi connectivity index (χ1v) is 7.58. The first kappa shape index (κ1) is 14.3. The molecule has 1 N–H and O–H groups in total. The summed E-state index contributed by atoms with van der Waals surface area (Å²) in [5, 5.41) is 0. The Hall–Kier alpha value is -1.12. The van der Waals surface area contributed by atoms with E-state index in [0.29, 0.717) is 5.92 Å². The maximum absolute atomic E-state index is 11.9. The Bertz CT molecular complexity index is 462. The molecule has 0 aliphatic heterocycles. The first-order valence-electron chi connectivity index (χ1n) is 7.58. The van der Waals surface area contributed by atoms with E-state index in [0.717, 1.165) is 24.4 Å². The van der Waals surface area contributed by atoms with Gasteiger partial charge in [-0.05, 0) is 12.8 Å². The van der Waals surface area contributed by atoms with Crippen LogP contribution in [0.25, 0.3) is 0 Å². The molecule has 106 valence electrons. The van der Waals surface area contributed by atoms with Gasteiger partial charge in [0.25, 0.3) is 5.56 Å². The van der Waals surface area contributed by atoms with Crippen molar-refractivity contribution in [3.05, 3.63) is 27.9 Å². The lowest BCUT2D eigenvalue weighted by atomic mass is 9.89. The lowest BCUT2D eigenvalue weighted by molar-refractivity contribution is 0.437. The third-order valence-electron chi connectivity index (χ3n) is 4.02. The monoisotopic (exact) mass is 262 g/mol. The van der Waals surface area contributed by atoms with Crippen LogP contribution < -0.4 is 5.56 Å². The number of nitrogens with zero attached hydrogens (tertiary/aromatic N) is 1. The van der Waals surface area contributed by atoms with E-state index >= 15 is 0 Å². The van der Waals surface area contributed by atoms with Crippen molar-refractivity contribution in [3.8, 4) is 0 Å². The highest BCUT2D eigenvalue weighted by Gasteiger charge is 2.21. The highest BCUT2D eigenvalue weighted by atomic mass is 16.1. The van der Waals surface area contributed by atoms with E-state index in [9.17, 15) is 4.79 Å². The number of H-pyrrole nitrogens is 1. The highest BCUT2D eigenvalue weighted by Crippen LogP contribution is 2.29. The maximum atomic E-state index is 11.9. The molecule has 3 nitrogen and oxygen atoms in total. The summed E-state index contributed by atoms with van der Waals surface area (Å²) >= 11 is 0. The molecule has 1 aromatic heterocycles. The number of aromatic amines is 1. The molecular weight excluding hydrogens is 236 g/mol. The molecule has 3 heteroatoms. The molecule has 19 heavy (non-hydrogen) atoms. The SMILES string of the molecule is CC(C)(C)c1cc(=O)[nH]c(C2CCCCCCC2)n1. The van der Waals surface area contributed by atoms with Gasteiger partial charge in [-0.3, -0.25) is 4.79 Å². The molecule has 1 fully saturated rings. The standard InChI is InChI=1S/C16H26N2O/c1-16(2,3)13-11-14(19)18-15(17-13)12-9-7-5-4-6-8-10-12/h11-12H,4-10H2,1-3H3,(H,17,18,19). The molecule has 0 radical (unpaired) electrons. The van der Waals surface area contributed by atoms with Gasteiger partial charge in [0.05, 0.1) is 5.69 Å². The zero-order chi connectivity index (χ0) is 13.9. The van der Waals surface area contributed by atoms with Crippen LogP contribution in [-0.4, -0.2) is 9.97 Å². The molecule has 2 rings (SSSR count). The van der Waals surface area contributed by atoms with Crippen LogP contribution in [-0.2, 0) is 5.41 Å².